The molecule has 1 aromatic rings. The van der Waals surface area contributed by atoms with Crippen LogP contribution in [0.5, 0.6) is 0 Å². The molecule has 0 bridgehead atoms. The summed E-state index contributed by atoms with van der Waals surface area (Å²) in [5.74, 6) is -0.818. The third-order valence-corrected chi connectivity index (χ3v) is 2.30. The van der Waals surface area contributed by atoms with Crippen molar-refractivity contribution in [1.82, 2.24) is 5.32 Å². The number of unbranched alkanes of at least 4 members (excludes halogenated alkanes) is 1. The molecule has 1 aromatic carbocycles. The van der Waals surface area contributed by atoms with Gasteiger partial charge in [0.1, 0.15) is 6.61 Å². The summed E-state index contributed by atoms with van der Waals surface area (Å²) in [6.07, 6.45) is 0.830. The number of amides is 1. The highest BCUT2D eigenvalue weighted by atomic mass is 35.5. The van der Waals surface area contributed by atoms with E-state index in [1.807, 2.05) is 30.3 Å². The lowest BCUT2D eigenvalue weighted by Crippen LogP contribution is -2.25. The second kappa shape index (κ2) is 10.2. The number of nitrogens with one attached hydrogen (secondary N) is 1. The van der Waals surface area contributed by atoms with E-state index in [4.69, 9.17) is 9.84 Å². The van der Waals surface area contributed by atoms with Crippen LogP contribution in [0.25, 0.3) is 0 Å². The average Bonchev–Trinajstić information content (AvgIpc) is 2.37. The number of carboxylic acid groups (broad SMARTS) is 1. The van der Waals surface area contributed by atoms with Gasteiger partial charge in [-0.25, -0.2) is 4.79 Å². The van der Waals surface area contributed by atoms with Crippen LogP contribution in [0.2, 0.25) is 0 Å². The Balaban J connectivity index is 0.00000324. The molecule has 0 saturated carbocycles. The lowest BCUT2D eigenvalue weighted by molar-refractivity contribution is -0.137. The summed E-state index contributed by atoms with van der Waals surface area (Å²) in [7, 11) is 0. The minimum atomic E-state index is -0.818. The minimum Gasteiger partial charge on any atom is -0.481 e. The van der Waals surface area contributed by atoms with Crippen LogP contribution in [0.3, 0.4) is 0 Å². The van der Waals surface area contributed by atoms with Gasteiger partial charge in [-0.3, -0.25) is 4.79 Å². The van der Waals surface area contributed by atoms with E-state index in [1.54, 1.807) is 0 Å². The molecule has 0 heterocycles. The van der Waals surface area contributed by atoms with Gasteiger partial charge in [0.2, 0.25) is 0 Å². The standard InChI is InChI=1S/C13H17NO4.ClH/c15-12(16)8-4-5-9-14-13(17)18-10-11-6-2-1-3-7-11;/h1-3,6-7H,4-5,8-10H2,(H,14,17)(H,15,16);1H. The van der Waals surface area contributed by atoms with Crippen LogP contribution in [0.4, 0.5) is 4.79 Å². The first-order valence-corrected chi connectivity index (χ1v) is 5.85. The van der Waals surface area contributed by atoms with Crippen molar-refractivity contribution in [3.8, 4) is 0 Å². The number of rotatable bonds is 7. The molecule has 0 aliphatic rings. The zero-order valence-corrected chi connectivity index (χ0v) is 11.3. The van der Waals surface area contributed by atoms with Crippen molar-refractivity contribution < 1.29 is 19.4 Å². The predicted molar refractivity (Wildman–Crippen MR) is 73.4 cm³/mol. The fourth-order valence-electron chi connectivity index (χ4n) is 1.37. The van der Waals surface area contributed by atoms with E-state index < -0.39 is 12.1 Å². The number of carboxylic acids is 1. The molecule has 0 aromatic heterocycles. The van der Waals surface area contributed by atoms with Gasteiger partial charge in [0.05, 0.1) is 0 Å². The number of hydrogen-bond acceptors (Lipinski definition) is 3. The van der Waals surface area contributed by atoms with Crippen molar-refractivity contribution in [1.29, 1.82) is 0 Å². The first-order chi connectivity index (χ1) is 8.68. The third kappa shape index (κ3) is 8.90. The Labute approximate surface area is 118 Å². The van der Waals surface area contributed by atoms with Gasteiger partial charge in [0, 0.05) is 13.0 Å². The summed E-state index contributed by atoms with van der Waals surface area (Å²) < 4.78 is 4.99. The Hall–Kier alpha value is -1.75. The van der Waals surface area contributed by atoms with Crippen molar-refractivity contribution in [2.45, 2.75) is 25.9 Å². The van der Waals surface area contributed by atoms with Crippen LogP contribution in [0.1, 0.15) is 24.8 Å². The Morgan fingerprint density at radius 3 is 2.47 bits per heavy atom. The van der Waals surface area contributed by atoms with E-state index in [0.717, 1.165) is 5.56 Å². The molecule has 2 N–H and O–H groups in total. The van der Waals surface area contributed by atoms with Crippen LogP contribution >= 0.6 is 12.4 Å². The van der Waals surface area contributed by atoms with Crippen LogP contribution in [0.15, 0.2) is 30.3 Å². The number of hydrogen-bond donors (Lipinski definition) is 2. The zero-order chi connectivity index (χ0) is 13.2. The number of ether oxygens (including phenoxy) is 1. The third-order valence-electron chi connectivity index (χ3n) is 2.30. The summed E-state index contributed by atoms with van der Waals surface area (Å²) in [5.41, 5.74) is 0.929. The lowest BCUT2D eigenvalue weighted by atomic mass is 10.2. The highest BCUT2D eigenvalue weighted by Crippen LogP contribution is 2.00. The van der Waals surface area contributed by atoms with Crippen molar-refractivity contribution in [2.24, 2.45) is 0 Å². The van der Waals surface area contributed by atoms with Gasteiger partial charge in [0.15, 0.2) is 0 Å². The topological polar surface area (TPSA) is 75.6 Å². The molecule has 0 radical (unpaired) electrons. The zero-order valence-electron chi connectivity index (χ0n) is 10.5. The molecule has 0 unspecified atom stereocenters. The van der Waals surface area contributed by atoms with E-state index in [0.29, 0.717) is 19.4 Å². The molecule has 0 atom stereocenters. The van der Waals surface area contributed by atoms with Gasteiger partial charge in [-0.05, 0) is 18.4 Å². The van der Waals surface area contributed by atoms with Crippen molar-refractivity contribution in [3.63, 3.8) is 0 Å². The number of benzene rings is 1. The molecule has 0 aliphatic heterocycles. The predicted octanol–water partition coefficient (Wildman–Crippen LogP) is 2.59. The summed E-state index contributed by atoms with van der Waals surface area (Å²) in [6.45, 7) is 0.669. The summed E-state index contributed by atoms with van der Waals surface area (Å²) >= 11 is 0. The molecule has 1 rings (SSSR count). The van der Waals surface area contributed by atoms with Crippen LogP contribution in [0, 0.1) is 0 Å². The van der Waals surface area contributed by atoms with Gasteiger partial charge in [-0.2, -0.15) is 0 Å². The van der Waals surface area contributed by atoms with E-state index in [2.05, 4.69) is 5.32 Å². The highest BCUT2D eigenvalue weighted by molar-refractivity contribution is 5.85. The second-order valence-electron chi connectivity index (χ2n) is 3.84. The first-order valence-electron chi connectivity index (χ1n) is 5.85. The van der Waals surface area contributed by atoms with Gasteiger partial charge >= 0.3 is 12.1 Å². The van der Waals surface area contributed by atoms with E-state index in [-0.39, 0.29) is 25.4 Å². The lowest BCUT2D eigenvalue weighted by Gasteiger charge is -2.06. The monoisotopic (exact) mass is 287 g/mol. The van der Waals surface area contributed by atoms with Gasteiger partial charge < -0.3 is 15.2 Å². The highest BCUT2D eigenvalue weighted by Gasteiger charge is 2.02. The van der Waals surface area contributed by atoms with Crippen LogP contribution in [-0.4, -0.2) is 23.7 Å². The van der Waals surface area contributed by atoms with Crippen LogP contribution < -0.4 is 5.32 Å². The van der Waals surface area contributed by atoms with Gasteiger partial charge in [0.25, 0.3) is 0 Å². The van der Waals surface area contributed by atoms with Gasteiger partial charge in [-0.1, -0.05) is 30.3 Å². The minimum absolute atomic E-state index is 0. The molecule has 0 spiro atoms. The largest absolute Gasteiger partial charge is 0.481 e. The van der Waals surface area contributed by atoms with Crippen LogP contribution in [-0.2, 0) is 16.1 Å². The summed E-state index contributed by atoms with van der Waals surface area (Å²) in [6, 6.07) is 9.40. The molecule has 19 heavy (non-hydrogen) atoms. The number of carbonyl (C=O) groups excluding carboxylic acids is 1. The molecule has 1 amide bonds. The fraction of sp³-hybridized carbons (Fsp3) is 0.385. The van der Waals surface area contributed by atoms with E-state index in [1.165, 1.54) is 0 Å². The Bertz CT molecular complexity index is 383. The molecular weight excluding hydrogens is 270 g/mol. The normalized spacial score (nSPS) is 9.26. The molecular formula is C13H18ClNO4. The fourth-order valence-corrected chi connectivity index (χ4v) is 1.37. The number of halogens is 1. The smallest absolute Gasteiger partial charge is 0.407 e. The van der Waals surface area contributed by atoms with Crippen molar-refractivity contribution >= 4 is 24.5 Å². The Morgan fingerprint density at radius 1 is 1.16 bits per heavy atom. The van der Waals surface area contributed by atoms with Crippen molar-refractivity contribution in [2.75, 3.05) is 6.54 Å². The van der Waals surface area contributed by atoms with Gasteiger partial charge in [-0.15, -0.1) is 12.4 Å². The maximum atomic E-state index is 11.3. The maximum absolute atomic E-state index is 11.3. The quantitative estimate of drug-likeness (QED) is 0.756. The number of carbonyl (C=O) groups is 2. The van der Waals surface area contributed by atoms with E-state index in [9.17, 15) is 9.59 Å². The number of alkyl carbamates (subject to hydrolysis) is 1. The van der Waals surface area contributed by atoms with Crippen molar-refractivity contribution in [3.05, 3.63) is 35.9 Å². The maximum Gasteiger partial charge on any atom is 0.407 e. The molecule has 0 saturated heterocycles. The average molecular weight is 288 g/mol. The second-order valence-corrected chi connectivity index (χ2v) is 3.84. The molecule has 0 aliphatic carbocycles. The summed E-state index contributed by atoms with van der Waals surface area (Å²) in [5, 5.41) is 11.0. The Morgan fingerprint density at radius 2 is 1.84 bits per heavy atom. The number of aliphatic carboxylic acids is 1. The molecule has 5 nitrogen and oxygen atoms in total. The first kappa shape index (κ1) is 17.2. The molecule has 6 heteroatoms. The van der Waals surface area contributed by atoms with E-state index >= 15 is 0 Å². The summed E-state index contributed by atoms with van der Waals surface area (Å²) in [4.78, 5) is 21.5. The Kier molecular flexibility index (Phi) is 9.26. The SMILES string of the molecule is Cl.O=C(O)CCCCNC(=O)OCc1ccccc1. The molecule has 106 valence electrons. The molecule has 0 fully saturated rings.